The van der Waals surface area contributed by atoms with Crippen LogP contribution in [0.3, 0.4) is 0 Å². The first-order valence-corrected chi connectivity index (χ1v) is 9.36. The zero-order chi connectivity index (χ0) is 20.7. The summed E-state index contributed by atoms with van der Waals surface area (Å²) in [5.74, 6) is -0.0185. The van der Waals surface area contributed by atoms with Crippen LogP contribution in [0.5, 0.6) is 5.75 Å². The minimum Gasteiger partial charge on any atom is -0.496 e. The Morgan fingerprint density at radius 2 is 1.82 bits per heavy atom. The van der Waals surface area contributed by atoms with Gasteiger partial charge < -0.3 is 10.1 Å². The highest BCUT2D eigenvalue weighted by molar-refractivity contribution is 6.30. The molecule has 0 atom stereocenters. The topological polar surface area (TPSA) is 93.5 Å². The van der Waals surface area contributed by atoms with Gasteiger partial charge in [-0.1, -0.05) is 37.6 Å². The van der Waals surface area contributed by atoms with E-state index in [1.54, 1.807) is 6.07 Å². The number of hydrogen-bond donors (Lipinski definition) is 2. The highest BCUT2D eigenvalue weighted by Gasteiger charge is 2.28. The lowest BCUT2D eigenvalue weighted by atomic mass is 9.84. The monoisotopic (exact) mass is 405 g/mol. The Labute approximate surface area is 169 Å². The van der Waals surface area contributed by atoms with Crippen LogP contribution >= 0.6 is 11.6 Å². The van der Waals surface area contributed by atoms with E-state index in [0.29, 0.717) is 10.8 Å². The number of nitrogens with one attached hydrogen (secondary N) is 2. The predicted octanol–water partition coefficient (Wildman–Crippen LogP) is 4.50. The van der Waals surface area contributed by atoms with Gasteiger partial charge in [0.2, 0.25) is 5.91 Å². The van der Waals surface area contributed by atoms with Crippen LogP contribution in [0.1, 0.15) is 32.3 Å². The number of nitrogens with zero attached hydrogens (tertiary/aromatic N) is 1. The number of amides is 1. The number of anilines is 1. The van der Waals surface area contributed by atoms with Gasteiger partial charge in [0.25, 0.3) is 5.69 Å². The molecule has 0 spiro atoms. The molecule has 2 aromatic carbocycles. The SMILES string of the molecule is CCC(CC)(NCC(=O)Nc1ccc(OC)cc1[N+](=O)[O-])c1ccc(Cl)cc1. The van der Waals surface area contributed by atoms with Crippen molar-refractivity contribution in [3.8, 4) is 5.75 Å². The molecule has 0 unspecified atom stereocenters. The number of carbonyl (C=O) groups is 1. The molecule has 7 nitrogen and oxygen atoms in total. The summed E-state index contributed by atoms with van der Waals surface area (Å²) in [5, 5.41) is 17.8. The first-order chi connectivity index (χ1) is 13.3. The third kappa shape index (κ3) is 4.99. The van der Waals surface area contributed by atoms with Crippen LogP contribution in [0, 0.1) is 10.1 Å². The van der Waals surface area contributed by atoms with Crippen molar-refractivity contribution in [2.24, 2.45) is 0 Å². The molecule has 8 heteroatoms. The van der Waals surface area contributed by atoms with Crippen LogP contribution in [-0.2, 0) is 10.3 Å². The van der Waals surface area contributed by atoms with E-state index in [9.17, 15) is 14.9 Å². The van der Waals surface area contributed by atoms with Crippen molar-refractivity contribution in [1.82, 2.24) is 5.32 Å². The maximum atomic E-state index is 12.5. The lowest BCUT2D eigenvalue weighted by Gasteiger charge is -2.33. The molecule has 150 valence electrons. The Balaban J connectivity index is 2.14. The van der Waals surface area contributed by atoms with E-state index in [1.165, 1.54) is 19.2 Å². The van der Waals surface area contributed by atoms with Gasteiger partial charge in [-0.3, -0.25) is 20.2 Å². The second kappa shape index (κ2) is 9.52. The third-order valence-corrected chi connectivity index (χ3v) is 5.12. The number of nitro groups is 1. The normalized spacial score (nSPS) is 11.1. The predicted molar refractivity (Wildman–Crippen MR) is 110 cm³/mol. The lowest BCUT2D eigenvalue weighted by Crippen LogP contribution is -2.45. The summed E-state index contributed by atoms with van der Waals surface area (Å²) in [6, 6.07) is 11.8. The van der Waals surface area contributed by atoms with Crippen LogP contribution in [0.2, 0.25) is 5.02 Å². The van der Waals surface area contributed by atoms with E-state index < -0.39 is 10.5 Å². The maximum Gasteiger partial charge on any atom is 0.296 e. The Kier molecular flexibility index (Phi) is 7.37. The van der Waals surface area contributed by atoms with Crippen molar-refractivity contribution in [3.63, 3.8) is 0 Å². The number of hydrogen-bond acceptors (Lipinski definition) is 5. The van der Waals surface area contributed by atoms with Crippen molar-refractivity contribution < 1.29 is 14.5 Å². The van der Waals surface area contributed by atoms with Gasteiger partial charge in [0.05, 0.1) is 24.6 Å². The number of nitro benzene ring substituents is 1. The van der Waals surface area contributed by atoms with E-state index in [2.05, 4.69) is 10.6 Å². The van der Waals surface area contributed by atoms with Crippen molar-refractivity contribution in [1.29, 1.82) is 0 Å². The summed E-state index contributed by atoms with van der Waals surface area (Å²) in [4.78, 5) is 23.2. The standard InChI is InChI=1S/C20H24ClN3O4/c1-4-20(5-2,14-6-8-15(21)9-7-14)22-13-19(25)23-17-11-10-16(28-3)12-18(17)24(26)27/h6-12,22H,4-5,13H2,1-3H3,(H,23,25). The molecule has 0 aromatic heterocycles. The molecule has 0 aliphatic heterocycles. The summed E-state index contributed by atoms with van der Waals surface area (Å²) >= 11 is 5.98. The van der Waals surface area contributed by atoms with Gasteiger partial charge in [-0.25, -0.2) is 0 Å². The molecule has 0 heterocycles. The minimum atomic E-state index is -0.554. The fourth-order valence-corrected chi connectivity index (χ4v) is 3.24. The molecule has 0 aliphatic carbocycles. The molecule has 0 aliphatic rings. The summed E-state index contributed by atoms with van der Waals surface area (Å²) < 4.78 is 5.00. The van der Waals surface area contributed by atoms with E-state index in [1.807, 2.05) is 38.1 Å². The zero-order valence-corrected chi connectivity index (χ0v) is 16.9. The Hall–Kier alpha value is -2.64. The fourth-order valence-electron chi connectivity index (χ4n) is 3.12. The molecule has 2 rings (SSSR count). The number of halogens is 1. The molecule has 2 aromatic rings. The molecule has 0 fully saturated rings. The van der Waals surface area contributed by atoms with Crippen LogP contribution in [0.15, 0.2) is 42.5 Å². The van der Waals surface area contributed by atoms with Gasteiger partial charge in [0, 0.05) is 10.6 Å². The number of rotatable bonds is 9. The molecule has 0 radical (unpaired) electrons. The molecular weight excluding hydrogens is 382 g/mol. The van der Waals surface area contributed by atoms with Gasteiger partial charge in [0.1, 0.15) is 11.4 Å². The quantitative estimate of drug-likeness (QED) is 0.473. The van der Waals surface area contributed by atoms with E-state index in [0.717, 1.165) is 18.4 Å². The van der Waals surface area contributed by atoms with Gasteiger partial charge in [0.15, 0.2) is 0 Å². The Bertz CT molecular complexity index is 836. The van der Waals surface area contributed by atoms with Crippen LogP contribution in [-0.4, -0.2) is 24.5 Å². The lowest BCUT2D eigenvalue weighted by molar-refractivity contribution is -0.384. The second-order valence-corrected chi connectivity index (χ2v) is 6.77. The van der Waals surface area contributed by atoms with Gasteiger partial charge in [-0.2, -0.15) is 0 Å². The Morgan fingerprint density at radius 3 is 2.36 bits per heavy atom. The Morgan fingerprint density at radius 1 is 1.18 bits per heavy atom. The van der Waals surface area contributed by atoms with Crippen LogP contribution in [0.4, 0.5) is 11.4 Å². The average Bonchev–Trinajstić information content (AvgIpc) is 2.70. The first-order valence-electron chi connectivity index (χ1n) is 8.98. The molecule has 0 saturated carbocycles. The van der Waals surface area contributed by atoms with Crippen molar-refractivity contribution >= 4 is 28.9 Å². The molecule has 0 saturated heterocycles. The van der Waals surface area contributed by atoms with Crippen LogP contribution < -0.4 is 15.4 Å². The van der Waals surface area contributed by atoms with Crippen LogP contribution in [0.25, 0.3) is 0 Å². The fraction of sp³-hybridized carbons (Fsp3) is 0.350. The highest BCUT2D eigenvalue weighted by Crippen LogP contribution is 2.31. The maximum absolute atomic E-state index is 12.5. The number of ether oxygens (including phenoxy) is 1. The second-order valence-electron chi connectivity index (χ2n) is 6.34. The van der Waals surface area contributed by atoms with Gasteiger partial charge in [-0.15, -0.1) is 0 Å². The summed E-state index contributed by atoms with van der Waals surface area (Å²) in [6.45, 7) is 4.09. The smallest absolute Gasteiger partial charge is 0.296 e. The minimum absolute atomic E-state index is 0.00743. The number of carbonyl (C=O) groups excluding carboxylic acids is 1. The third-order valence-electron chi connectivity index (χ3n) is 4.87. The zero-order valence-electron chi connectivity index (χ0n) is 16.1. The summed E-state index contributed by atoms with van der Waals surface area (Å²) in [7, 11) is 1.42. The number of methoxy groups -OCH3 is 1. The number of benzene rings is 2. The largest absolute Gasteiger partial charge is 0.496 e. The van der Waals surface area contributed by atoms with E-state index in [4.69, 9.17) is 16.3 Å². The van der Waals surface area contributed by atoms with E-state index in [-0.39, 0.29) is 23.8 Å². The molecule has 28 heavy (non-hydrogen) atoms. The van der Waals surface area contributed by atoms with Gasteiger partial charge >= 0.3 is 0 Å². The molecule has 2 N–H and O–H groups in total. The first kappa shape index (κ1) is 21.7. The van der Waals surface area contributed by atoms with E-state index >= 15 is 0 Å². The van der Waals surface area contributed by atoms with Gasteiger partial charge in [-0.05, 0) is 42.7 Å². The summed E-state index contributed by atoms with van der Waals surface area (Å²) in [6.07, 6.45) is 1.53. The molecule has 0 bridgehead atoms. The highest BCUT2D eigenvalue weighted by atomic mass is 35.5. The summed E-state index contributed by atoms with van der Waals surface area (Å²) in [5.41, 5.74) is 0.545. The average molecular weight is 406 g/mol. The van der Waals surface area contributed by atoms with Crippen molar-refractivity contribution in [2.45, 2.75) is 32.2 Å². The van der Waals surface area contributed by atoms with Crippen molar-refractivity contribution in [3.05, 3.63) is 63.2 Å². The molecular formula is C20H24ClN3O4. The molecule has 1 amide bonds. The van der Waals surface area contributed by atoms with Crippen molar-refractivity contribution in [2.75, 3.05) is 19.0 Å².